The number of carbonyl (C=O) groups is 1. The third-order valence-corrected chi connectivity index (χ3v) is 3.04. The van der Waals surface area contributed by atoms with E-state index in [1.165, 1.54) is 0 Å². The van der Waals surface area contributed by atoms with Crippen LogP contribution in [0.4, 0.5) is 17.6 Å². The van der Waals surface area contributed by atoms with Crippen LogP contribution in [0, 0.1) is 23.3 Å². The minimum absolute atomic E-state index is 0.266. The average Bonchev–Trinajstić information content (AvgIpc) is 2.54. The highest BCUT2D eigenvalue weighted by molar-refractivity contribution is 5.94. The fraction of sp³-hybridized carbons (Fsp3) is 0.133. The smallest absolute Gasteiger partial charge is 0.255 e. The molecule has 2 N–H and O–H groups in total. The molecule has 22 heavy (non-hydrogen) atoms. The molecule has 0 heterocycles. The molecule has 0 saturated heterocycles. The number of aliphatic hydroxyl groups is 1. The molecule has 7 heteroatoms. The van der Waals surface area contributed by atoms with Crippen molar-refractivity contribution in [2.24, 2.45) is 0 Å². The van der Waals surface area contributed by atoms with E-state index in [9.17, 15) is 27.5 Å². The zero-order valence-corrected chi connectivity index (χ0v) is 11.1. The number of nitrogens with one attached hydrogen (secondary N) is 1. The molecule has 0 aliphatic rings. The van der Waals surface area contributed by atoms with Crippen molar-refractivity contribution in [1.29, 1.82) is 0 Å². The van der Waals surface area contributed by atoms with E-state index in [2.05, 4.69) is 5.32 Å². The summed E-state index contributed by atoms with van der Waals surface area (Å²) in [6.45, 7) is -0.510. The molecule has 2 aromatic carbocycles. The lowest BCUT2D eigenvalue weighted by atomic mass is 10.1. The van der Waals surface area contributed by atoms with Crippen molar-refractivity contribution in [1.82, 2.24) is 5.32 Å². The summed E-state index contributed by atoms with van der Waals surface area (Å²) in [6, 6.07) is 7.59. The maximum Gasteiger partial charge on any atom is 0.255 e. The molecular formula is C15H11F4NO2. The average molecular weight is 313 g/mol. The Hall–Kier alpha value is -2.41. The van der Waals surface area contributed by atoms with Gasteiger partial charge in [-0.15, -0.1) is 0 Å². The summed E-state index contributed by atoms with van der Waals surface area (Å²) in [6.07, 6.45) is 0. The van der Waals surface area contributed by atoms with Crippen LogP contribution in [0.1, 0.15) is 22.0 Å². The van der Waals surface area contributed by atoms with Crippen molar-refractivity contribution in [3.05, 3.63) is 70.8 Å². The van der Waals surface area contributed by atoms with E-state index < -0.39 is 47.4 Å². The van der Waals surface area contributed by atoms with E-state index >= 15 is 0 Å². The number of hydrogen-bond acceptors (Lipinski definition) is 2. The van der Waals surface area contributed by atoms with Crippen molar-refractivity contribution < 1.29 is 27.5 Å². The van der Waals surface area contributed by atoms with Crippen LogP contribution in [0.15, 0.2) is 36.4 Å². The van der Waals surface area contributed by atoms with Gasteiger partial charge in [-0.2, -0.15) is 0 Å². The quantitative estimate of drug-likeness (QED) is 0.518. The van der Waals surface area contributed by atoms with Crippen molar-refractivity contribution in [3.8, 4) is 0 Å². The van der Waals surface area contributed by atoms with Gasteiger partial charge in [-0.05, 0) is 11.6 Å². The van der Waals surface area contributed by atoms with E-state index in [-0.39, 0.29) is 6.07 Å². The molecule has 1 atom stereocenters. The van der Waals surface area contributed by atoms with Gasteiger partial charge in [0.1, 0.15) is 0 Å². The minimum Gasteiger partial charge on any atom is -0.394 e. The van der Waals surface area contributed by atoms with Gasteiger partial charge in [0.2, 0.25) is 0 Å². The molecule has 116 valence electrons. The summed E-state index contributed by atoms with van der Waals surface area (Å²) in [4.78, 5) is 11.9. The summed E-state index contributed by atoms with van der Waals surface area (Å²) in [5, 5.41) is 11.5. The molecule has 2 rings (SSSR count). The highest BCUT2D eigenvalue weighted by Crippen LogP contribution is 2.20. The minimum atomic E-state index is -2.06. The summed E-state index contributed by atoms with van der Waals surface area (Å²) < 4.78 is 52.7. The molecule has 3 nitrogen and oxygen atoms in total. The molecule has 0 saturated carbocycles. The number of carbonyl (C=O) groups excluding carboxylic acids is 1. The number of halogens is 4. The van der Waals surface area contributed by atoms with E-state index in [1.807, 2.05) is 0 Å². The van der Waals surface area contributed by atoms with E-state index in [0.717, 1.165) is 0 Å². The first-order chi connectivity index (χ1) is 10.5. The lowest BCUT2D eigenvalue weighted by molar-refractivity contribution is 0.0910. The van der Waals surface area contributed by atoms with Crippen molar-refractivity contribution >= 4 is 5.91 Å². The Kier molecular flexibility index (Phi) is 4.77. The number of rotatable bonds is 4. The summed E-state index contributed by atoms with van der Waals surface area (Å²) >= 11 is 0. The monoisotopic (exact) mass is 313 g/mol. The predicted molar refractivity (Wildman–Crippen MR) is 70.0 cm³/mol. The summed E-state index contributed by atoms with van der Waals surface area (Å²) in [5.41, 5.74) is -0.465. The molecule has 0 aliphatic carbocycles. The Bertz CT molecular complexity index is 692. The molecule has 1 unspecified atom stereocenters. The van der Waals surface area contributed by atoms with Gasteiger partial charge in [-0.3, -0.25) is 4.79 Å². The molecule has 0 radical (unpaired) electrons. The first-order valence-corrected chi connectivity index (χ1v) is 6.25. The Morgan fingerprint density at radius 2 is 1.68 bits per heavy atom. The number of hydrogen-bond donors (Lipinski definition) is 2. The fourth-order valence-electron chi connectivity index (χ4n) is 1.89. The molecule has 2 aromatic rings. The second-order valence-corrected chi connectivity index (χ2v) is 4.47. The highest BCUT2D eigenvalue weighted by atomic mass is 19.2. The first-order valence-electron chi connectivity index (χ1n) is 6.25. The van der Waals surface area contributed by atoms with E-state index in [0.29, 0.717) is 5.56 Å². The van der Waals surface area contributed by atoms with Crippen LogP contribution in [0.25, 0.3) is 0 Å². The van der Waals surface area contributed by atoms with Crippen molar-refractivity contribution in [3.63, 3.8) is 0 Å². The first kappa shape index (κ1) is 16.0. The van der Waals surface area contributed by atoms with Gasteiger partial charge in [0, 0.05) is 0 Å². The highest BCUT2D eigenvalue weighted by Gasteiger charge is 2.24. The van der Waals surface area contributed by atoms with Gasteiger partial charge in [0.15, 0.2) is 23.3 Å². The maximum atomic E-state index is 13.5. The standard InChI is InChI=1S/C15H11F4NO2/c16-10-6-9(12(17)14(19)13(10)18)15(22)20-11(7-21)8-4-2-1-3-5-8/h1-6,11,21H,7H2,(H,20,22). The van der Waals surface area contributed by atoms with E-state index in [4.69, 9.17) is 0 Å². The predicted octanol–water partition coefficient (Wildman–Crippen LogP) is 2.71. The number of benzene rings is 2. The lowest BCUT2D eigenvalue weighted by Crippen LogP contribution is -2.31. The molecule has 0 bridgehead atoms. The van der Waals surface area contributed by atoms with Gasteiger partial charge < -0.3 is 10.4 Å². The second kappa shape index (κ2) is 6.57. The van der Waals surface area contributed by atoms with Crippen LogP contribution in [0.2, 0.25) is 0 Å². The van der Waals surface area contributed by atoms with Crippen molar-refractivity contribution in [2.75, 3.05) is 6.61 Å². The Morgan fingerprint density at radius 1 is 1.05 bits per heavy atom. The van der Waals surface area contributed by atoms with Crippen LogP contribution in [-0.4, -0.2) is 17.6 Å². The molecular weight excluding hydrogens is 302 g/mol. The maximum absolute atomic E-state index is 13.5. The van der Waals surface area contributed by atoms with Crippen LogP contribution >= 0.6 is 0 Å². The van der Waals surface area contributed by atoms with Crippen LogP contribution in [0.5, 0.6) is 0 Å². The molecule has 0 fully saturated rings. The zero-order chi connectivity index (χ0) is 16.3. The third kappa shape index (κ3) is 3.09. The Balaban J connectivity index is 2.29. The van der Waals surface area contributed by atoms with Gasteiger partial charge >= 0.3 is 0 Å². The lowest BCUT2D eigenvalue weighted by Gasteiger charge is -2.17. The third-order valence-electron chi connectivity index (χ3n) is 3.04. The van der Waals surface area contributed by atoms with Gasteiger partial charge in [-0.25, -0.2) is 17.6 Å². The summed E-state index contributed by atoms with van der Waals surface area (Å²) in [7, 11) is 0. The number of amides is 1. The molecule has 0 aliphatic heterocycles. The normalized spacial score (nSPS) is 12.0. The SMILES string of the molecule is O=C(NC(CO)c1ccccc1)c1cc(F)c(F)c(F)c1F. The zero-order valence-electron chi connectivity index (χ0n) is 11.1. The van der Waals surface area contributed by atoms with Gasteiger partial charge in [-0.1, -0.05) is 30.3 Å². The van der Waals surface area contributed by atoms with Crippen molar-refractivity contribution in [2.45, 2.75) is 6.04 Å². The van der Waals surface area contributed by atoms with Crippen LogP contribution in [-0.2, 0) is 0 Å². The fourth-order valence-corrected chi connectivity index (χ4v) is 1.89. The molecule has 0 aromatic heterocycles. The largest absolute Gasteiger partial charge is 0.394 e. The Labute approximate surface area is 123 Å². The molecule has 0 spiro atoms. The van der Waals surface area contributed by atoms with Gasteiger partial charge in [0.25, 0.3) is 5.91 Å². The summed E-state index contributed by atoms with van der Waals surface area (Å²) in [5.74, 6) is -8.69. The Morgan fingerprint density at radius 3 is 2.27 bits per heavy atom. The second-order valence-electron chi connectivity index (χ2n) is 4.47. The van der Waals surface area contributed by atoms with E-state index in [1.54, 1.807) is 30.3 Å². The van der Waals surface area contributed by atoms with Crippen LogP contribution in [0.3, 0.4) is 0 Å². The van der Waals surface area contributed by atoms with Crippen LogP contribution < -0.4 is 5.32 Å². The van der Waals surface area contributed by atoms with Gasteiger partial charge in [0.05, 0.1) is 18.2 Å². The molecule has 1 amide bonds. The topological polar surface area (TPSA) is 49.3 Å². The number of aliphatic hydroxyl groups excluding tert-OH is 1.